The second kappa shape index (κ2) is 6.37. The van der Waals surface area contributed by atoms with Crippen molar-refractivity contribution in [3.63, 3.8) is 0 Å². The van der Waals surface area contributed by atoms with Crippen LogP contribution in [0.25, 0.3) is 0 Å². The summed E-state index contributed by atoms with van der Waals surface area (Å²) in [6, 6.07) is 0. The number of nitrogens with one attached hydrogen (secondary N) is 1. The first kappa shape index (κ1) is 12.8. The van der Waals surface area contributed by atoms with Crippen LogP contribution in [0.5, 0.6) is 0 Å². The maximum absolute atomic E-state index is 4.00. The van der Waals surface area contributed by atoms with E-state index >= 15 is 0 Å². The normalized spacial score (nSPS) is 16.6. The Morgan fingerprint density at radius 1 is 1.31 bits per heavy atom. The fraction of sp³-hybridized carbons (Fsp3) is 0.467. The first-order valence-electron chi connectivity index (χ1n) is 6.07. The van der Waals surface area contributed by atoms with Crippen molar-refractivity contribution >= 4 is 0 Å². The summed E-state index contributed by atoms with van der Waals surface area (Å²) in [6.07, 6.45) is 10.0. The van der Waals surface area contributed by atoms with E-state index in [1.165, 1.54) is 36.1 Å². The van der Waals surface area contributed by atoms with Gasteiger partial charge in [0.05, 0.1) is 0 Å². The third-order valence-corrected chi connectivity index (χ3v) is 2.78. The summed E-state index contributed by atoms with van der Waals surface area (Å²) >= 11 is 0. The van der Waals surface area contributed by atoms with Gasteiger partial charge in [-0.3, -0.25) is 0 Å². The lowest BCUT2D eigenvalue weighted by atomic mass is 9.92. The number of rotatable bonds is 5. The van der Waals surface area contributed by atoms with Gasteiger partial charge in [-0.25, -0.2) is 0 Å². The molecule has 1 nitrogen and oxygen atoms in total. The molecule has 0 unspecified atom stereocenters. The first-order valence-corrected chi connectivity index (χ1v) is 6.07. The van der Waals surface area contributed by atoms with Crippen molar-refractivity contribution in [2.24, 2.45) is 0 Å². The van der Waals surface area contributed by atoms with E-state index < -0.39 is 0 Å². The summed E-state index contributed by atoms with van der Waals surface area (Å²) in [4.78, 5) is 0. The minimum Gasteiger partial charge on any atom is -0.359 e. The molecule has 1 rings (SSSR count). The predicted molar refractivity (Wildman–Crippen MR) is 72.0 cm³/mol. The molecule has 0 spiro atoms. The van der Waals surface area contributed by atoms with Gasteiger partial charge in [-0.1, -0.05) is 24.8 Å². The number of hydrogen-bond acceptors (Lipinski definition) is 1. The lowest BCUT2D eigenvalue weighted by Crippen LogP contribution is -2.16. The predicted octanol–water partition coefficient (Wildman–Crippen LogP) is 4.46. The molecule has 1 heteroatoms. The van der Waals surface area contributed by atoms with Gasteiger partial charge in [0.15, 0.2) is 0 Å². The van der Waals surface area contributed by atoms with Crippen molar-refractivity contribution in [2.45, 2.75) is 46.0 Å². The fourth-order valence-corrected chi connectivity index (χ4v) is 2.11. The molecule has 0 aromatic heterocycles. The lowest BCUT2D eigenvalue weighted by molar-refractivity contribution is 0.630. The summed E-state index contributed by atoms with van der Waals surface area (Å²) in [5, 5.41) is 3.43. The Kier molecular flexibility index (Phi) is 5.10. The van der Waals surface area contributed by atoms with Crippen molar-refractivity contribution in [1.82, 2.24) is 5.32 Å². The molecule has 1 aliphatic carbocycles. The second-order valence-electron chi connectivity index (χ2n) is 4.57. The summed E-state index contributed by atoms with van der Waals surface area (Å²) in [7, 11) is 0. The molecule has 16 heavy (non-hydrogen) atoms. The van der Waals surface area contributed by atoms with Crippen molar-refractivity contribution in [3.8, 4) is 0 Å². The Bertz CT molecular complexity index is 331. The molecule has 0 atom stereocenters. The Hall–Kier alpha value is -1.24. The smallest absolute Gasteiger partial charge is 0.0305 e. The van der Waals surface area contributed by atoms with Crippen LogP contribution >= 0.6 is 0 Å². The van der Waals surface area contributed by atoms with Crippen molar-refractivity contribution < 1.29 is 0 Å². The minimum absolute atomic E-state index is 0.985. The topological polar surface area (TPSA) is 12.0 Å². The highest BCUT2D eigenvalue weighted by atomic mass is 14.9. The molecular weight excluding hydrogens is 194 g/mol. The van der Waals surface area contributed by atoms with E-state index in [4.69, 9.17) is 0 Å². The monoisotopic (exact) mass is 217 g/mol. The van der Waals surface area contributed by atoms with Crippen LogP contribution in [0, 0.1) is 0 Å². The molecule has 0 aliphatic heterocycles. The van der Waals surface area contributed by atoms with Gasteiger partial charge in [-0.15, -0.1) is 0 Å². The van der Waals surface area contributed by atoms with E-state index in [1.54, 1.807) is 0 Å². The van der Waals surface area contributed by atoms with Crippen LogP contribution < -0.4 is 5.32 Å². The molecule has 0 radical (unpaired) electrons. The highest BCUT2D eigenvalue weighted by molar-refractivity contribution is 5.26. The maximum Gasteiger partial charge on any atom is 0.0305 e. The van der Waals surface area contributed by atoms with E-state index in [0.717, 1.165) is 18.5 Å². The standard InChI is InChI=1S/C15H23N/c1-5-8-13(4)16-15-10-7-6-9-14(15)11-12(2)3/h5,8,16H,2,4,6-7,9-11H2,1,3H3/b8-5-. The molecule has 88 valence electrons. The van der Waals surface area contributed by atoms with E-state index in [1.807, 2.05) is 19.1 Å². The van der Waals surface area contributed by atoms with E-state index in [-0.39, 0.29) is 0 Å². The quantitative estimate of drug-likeness (QED) is 0.529. The largest absolute Gasteiger partial charge is 0.359 e. The van der Waals surface area contributed by atoms with Gasteiger partial charge in [0.25, 0.3) is 0 Å². The van der Waals surface area contributed by atoms with Crippen LogP contribution in [0.1, 0.15) is 46.0 Å². The van der Waals surface area contributed by atoms with Crippen molar-refractivity contribution in [2.75, 3.05) is 0 Å². The van der Waals surface area contributed by atoms with Gasteiger partial charge in [-0.2, -0.15) is 0 Å². The molecule has 0 bridgehead atoms. The highest BCUT2D eigenvalue weighted by Crippen LogP contribution is 2.27. The highest BCUT2D eigenvalue weighted by Gasteiger charge is 2.12. The van der Waals surface area contributed by atoms with Crippen LogP contribution in [0.3, 0.4) is 0 Å². The summed E-state index contributed by atoms with van der Waals surface area (Å²) < 4.78 is 0. The maximum atomic E-state index is 4.00. The van der Waals surface area contributed by atoms with Gasteiger partial charge in [-0.05, 0) is 57.6 Å². The average Bonchev–Trinajstić information content (AvgIpc) is 2.20. The van der Waals surface area contributed by atoms with Crippen LogP contribution in [-0.2, 0) is 0 Å². The van der Waals surface area contributed by atoms with Crippen molar-refractivity contribution in [1.29, 1.82) is 0 Å². The van der Waals surface area contributed by atoms with E-state index in [2.05, 4.69) is 25.4 Å². The molecule has 0 saturated carbocycles. The van der Waals surface area contributed by atoms with Gasteiger partial charge in [0.1, 0.15) is 0 Å². The molecule has 0 fully saturated rings. The third kappa shape index (κ3) is 4.09. The van der Waals surface area contributed by atoms with Crippen LogP contribution in [0.15, 0.2) is 47.9 Å². The van der Waals surface area contributed by atoms with Crippen molar-refractivity contribution in [3.05, 3.63) is 47.9 Å². The van der Waals surface area contributed by atoms with Gasteiger partial charge >= 0.3 is 0 Å². The lowest BCUT2D eigenvalue weighted by Gasteiger charge is -2.22. The average molecular weight is 217 g/mol. The fourth-order valence-electron chi connectivity index (χ4n) is 2.11. The zero-order valence-electron chi connectivity index (χ0n) is 10.6. The van der Waals surface area contributed by atoms with E-state index in [0.29, 0.717) is 0 Å². The Labute approximate surface area is 99.6 Å². The SMILES string of the molecule is C=C(C)CC1=C(NC(=C)/C=C\C)CCCC1. The zero-order chi connectivity index (χ0) is 12.0. The molecule has 1 N–H and O–H groups in total. The molecule has 0 heterocycles. The van der Waals surface area contributed by atoms with E-state index in [9.17, 15) is 0 Å². The second-order valence-corrected chi connectivity index (χ2v) is 4.57. The molecule has 1 aliphatic rings. The first-order chi connectivity index (χ1) is 7.63. The van der Waals surface area contributed by atoms with Crippen LogP contribution in [0.4, 0.5) is 0 Å². The van der Waals surface area contributed by atoms with Gasteiger partial charge in [0, 0.05) is 11.4 Å². The zero-order valence-corrected chi connectivity index (χ0v) is 10.6. The molecule has 0 aromatic carbocycles. The Morgan fingerprint density at radius 2 is 2.00 bits per heavy atom. The Morgan fingerprint density at radius 3 is 2.62 bits per heavy atom. The van der Waals surface area contributed by atoms with Gasteiger partial charge < -0.3 is 5.32 Å². The molecule has 0 amide bonds. The van der Waals surface area contributed by atoms with Crippen LogP contribution in [0.2, 0.25) is 0 Å². The summed E-state index contributed by atoms with van der Waals surface area (Å²) in [6.45, 7) is 12.1. The minimum atomic E-state index is 0.985. The van der Waals surface area contributed by atoms with Crippen LogP contribution in [-0.4, -0.2) is 0 Å². The number of allylic oxidation sites excluding steroid dienone is 5. The Balaban J connectivity index is 2.73. The van der Waals surface area contributed by atoms with Gasteiger partial charge in [0.2, 0.25) is 0 Å². The number of hydrogen-bond donors (Lipinski definition) is 1. The summed E-state index contributed by atoms with van der Waals surface area (Å²) in [5.74, 6) is 0. The molecule has 0 aromatic rings. The third-order valence-electron chi connectivity index (χ3n) is 2.78. The molecular formula is C15H23N. The summed E-state index contributed by atoms with van der Waals surface area (Å²) in [5.41, 5.74) is 5.12. The molecule has 0 saturated heterocycles.